The SMILES string of the molecule is CC(C)c1nc(-c2ccccc2)c(F)c(-c2ccc(F)cc2)c1C#CCO[PH](=O)CC(CC(=O)O)O[Si](c1ccccc1)(c1ccccc1)C(C)(C)C. The minimum absolute atomic E-state index is 0.136. The molecular formula is C43H44F2NO5PSi. The van der Waals surface area contributed by atoms with Crippen LogP contribution < -0.4 is 10.4 Å². The van der Waals surface area contributed by atoms with Gasteiger partial charge in [-0.25, -0.2) is 13.8 Å². The van der Waals surface area contributed by atoms with Crippen LogP contribution in [-0.4, -0.2) is 43.2 Å². The van der Waals surface area contributed by atoms with Gasteiger partial charge in [-0.3, -0.25) is 9.36 Å². The van der Waals surface area contributed by atoms with Gasteiger partial charge in [0, 0.05) is 17.3 Å². The Morgan fingerprint density at radius 3 is 1.91 bits per heavy atom. The first-order valence-electron chi connectivity index (χ1n) is 17.5. The van der Waals surface area contributed by atoms with E-state index in [2.05, 4.69) is 32.6 Å². The highest BCUT2D eigenvalue weighted by Gasteiger charge is 2.51. The molecule has 2 atom stereocenters. The van der Waals surface area contributed by atoms with E-state index in [-0.39, 0.29) is 36.4 Å². The number of carboxylic acid groups (broad SMARTS) is 1. The van der Waals surface area contributed by atoms with Crippen molar-refractivity contribution < 1.29 is 32.2 Å². The Kier molecular flexibility index (Phi) is 13.0. The van der Waals surface area contributed by atoms with Crippen molar-refractivity contribution in [1.82, 2.24) is 4.98 Å². The zero-order valence-corrected chi connectivity index (χ0v) is 32.5. The third-order valence-corrected chi connectivity index (χ3v) is 15.3. The monoisotopic (exact) mass is 751 g/mol. The Balaban J connectivity index is 1.46. The van der Waals surface area contributed by atoms with Crippen LogP contribution in [0.3, 0.4) is 0 Å². The van der Waals surface area contributed by atoms with Crippen molar-refractivity contribution in [2.45, 2.75) is 58.1 Å². The van der Waals surface area contributed by atoms with Crippen LogP contribution in [0.4, 0.5) is 8.78 Å². The van der Waals surface area contributed by atoms with E-state index < -0.39 is 45.1 Å². The minimum atomic E-state index is -3.16. The summed E-state index contributed by atoms with van der Waals surface area (Å²) in [5.74, 6) is 3.64. The molecule has 0 radical (unpaired) electrons. The number of benzene rings is 4. The van der Waals surface area contributed by atoms with Crippen LogP contribution in [0.25, 0.3) is 22.4 Å². The molecule has 0 bridgehead atoms. The van der Waals surface area contributed by atoms with Gasteiger partial charge in [0.2, 0.25) is 0 Å². The number of rotatable bonds is 13. The third-order valence-electron chi connectivity index (χ3n) is 8.97. The Morgan fingerprint density at radius 2 is 1.40 bits per heavy atom. The zero-order valence-electron chi connectivity index (χ0n) is 30.5. The molecule has 0 saturated carbocycles. The standard InChI is InChI=1S/C43H44F2NO5PSi/c1-30(2)41-37(39(31-23-25-33(44)26-24-31)40(45)42(46-41)32-16-9-6-10-17-32)22-15-27-50-52(49)29-34(28-38(47)48)51-53(43(3,4)5,35-18-11-7-12-19-35)36-20-13-8-14-21-36/h6-14,16-21,23-26,30,34,52H,27-29H2,1-5H3,(H,47,48). The molecule has 53 heavy (non-hydrogen) atoms. The first kappa shape index (κ1) is 39.5. The molecule has 0 fully saturated rings. The largest absolute Gasteiger partial charge is 0.481 e. The van der Waals surface area contributed by atoms with Crippen molar-refractivity contribution in [1.29, 1.82) is 0 Å². The van der Waals surface area contributed by atoms with Gasteiger partial charge in [0.15, 0.2) is 13.8 Å². The van der Waals surface area contributed by atoms with Crippen molar-refractivity contribution in [3.05, 3.63) is 138 Å². The average molecular weight is 752 g/mol. The number of hydrogen-bond donors (Lipinski definition) is 1. The van der Waals surface area contributed by atoms with E-state index in [1.807, 2.05) is 80.6 Å². The van der Waals surface area contributed by atoms with Gasteiger partial charge in [-0.15, -0.1) is 0 Å². The van der Waals surface area contributed by atoms with Crippen LogP contribution >= 0.6 is 8.03 Å². The van der Waals surface area contributed by atoms with Crippen molar-refractivity contribution in [2.24, 2.45) is 0 Å². The third kappa shape index (κ3) is 9.27. The summed E-state index contributed by atoms with van der Waals surface area (Å²) in [5, 5.41) is 11.4. The van der Waals surface area contributed by atoms with Gasteiger partial charge in [0.25, 0.3) is 8.32 Å². The smallest absolute Gasteiger partial charge is 0.305 e. The summed E-state index contributed by atoms with van der Waals surface area (Å²) < 4.78 is 56.6. The van der Waals surface area contributed by atoms with Gasteiger partial charge in [0.05, 0.1) is 23.8 Å². The fourth-order valence-corrected chi connectivity index (χ4v) is 12.4. The summed E-state index contributed by atoms with van der Waals surface area (Å²) in [6.07, 6.45) is -1.42. The van der Waals surface area contributed by atoms with Gasteiger partial charge in [-0.2, -0.15) is 0 Å². The van der Waals surface area contributed by atoms with E-state index in [9.17, 15) is 18.9 Å². The second-order valence-electron chi connectivity index (χ2n) is 14.1. The molecule has 274 valence electrons. The highest BCUT2D eigenvalue weighted by molar-refractivity contribution is 7.39. The van der Waals surface area contributed by atoms with Crippen LogP contribution in [-0.2, 0) is 18.3 Å². The molecule has 2 unspecified atom stereocenters. The Labute approximate surface area is 312 Å². The van der Waals surface area contributed by atoms with Crippen LogP contribution in [0.2, 0.25) is 5.04 Å². The summed E-state index contributed by atoms with van der Waals surface area (Å²) in [7, 11) is -6.02. The highest BCUT2D eigenvalue weighted by atomic mass is 31.1. The van der Waals surface area contributed by atoms with Crippen molar-refractivity contribution in [2.75, 3.05) is 12.8 Å². The summed E-state index contributed by atoms with van der Waals surface area (Å²) in [4.78, 5) is 16.9. The first-order chi connectivity index (χ1) is 25.3. The van der Waals surface area contributed by atoms with E-state index in [4.69, 9.17) is 13.9 Å². The normalized spacial score (nSPS) is 12.9. The number of halogens is 2. The van der Waals surface area contributed by atoms with E-state index in [0.29, 0.717) is 22.4 Å². The fraction of sp³-hybridized carbons (Fsp3) is 0.256. The predicted molar refractivity (Wildman–Crippen MR) is 211 cm³/mol. The Hall–Kier alpha value is -4.71. The van der Waals surface area contributed by atoms with Gasteiger partial charge in [-0.1, -0.05) is 150 Å². The molecule has 0 spiro atoms. The number of aromatic nitrogens is 1. The van der Waals surface area contributed by atoms with Crippen LogP contribution in [0.5, 0.6) is 0 Å². The van der Waals surface area contributed by atoms with Crippen molar-refractivity contribution in [3.8, 4) is 34.2 Å². The number of carboxylic acids is 1. The molecular weight excluding hydrogens is 708 g/mol. The van der Waals surface area contributed by atoms with Gasteiger partial charge >= 0.3 is 5.97 Å². The zero-order chi connectivity index (χ0) is 38.2. The summed E-state index contributed by atoms with van der Waals surface area (Å²) in [5.41, 5.74) is 2.23. The number of pyridine rings is 1. The molecule has 1 heterocycles. The molecule has 0 saturated heterocycles. The molecule has 10 heteroatoms. The number of hydrogen-bond acceptors (Lipinski definition) is 5. The van der Waals surface area contributed by atoms with Gasteiger partial charge < -0.3 is 14.1 Å². The topological polar surface area (TPSA) is 85.7 Å². The lowest BCUT2D eigenvalue weighted by molar-refractivity contribution is -0.138. The lowest BCUT2D eigenvalue weighted by Gasteiger charge is -2.45. The Bertz CT molecular complexity index is 2060. The molecule has 6 nitrogen and oxygen atoms in total. The molecule has 5 rings (SSSR count). The lowest BCUT2D eigenvalue weighted by Crippen LogP contribution is -2.68. The second-order valence-corrected chi connectivity index (χ2v) is 19.8. The maximum absolute atomic E-state index is 16.4. The Morgan fingerprint density at radius 1 is 0.849 bits per heavy atom. The van der Waals surface area contributed by atoms with Crippen molar-refractivity contribution >= 4 is 32.7 Å². The highest BCUT2D eigenvalue weighted by Crippen LogP contribution is 2.40. The minimum Gasteiger partial charge on any atom is -0.481 e. The van der Waals surface area contributed by atoms with Crippen molar-refractivity contribution in [3.63, 3.8) is 0 Å². The second kappa shape index (κ2) is 17.4. The van der Waals surface area contributed by atoms with E-state index in [0.717, 1.165) is 10.4 Å². The van der Waals surface area contributed by atoms with E-state index in [1.54, 1.807) is 24.3 Å². The fourth-order valence-electron chi connectivity index (χ4n) is 6.58. The summed E-state index contributed by atoms with van der Waals surface area (Å²) >= 11 is 0. The first-order valence-corrected chi connectivity index (χ1v) is 20.9. The molecule has 0 aliphatic heterocycles. The van der Waals surface area contributed by atoms with Crippen LogP contribution in [0.1, 0.15) is 58.2 Å². The molecule has 0 aliphatic rings. The maximum atomic E-state index is 16.4. The average Bonchev–Trinajstić information content (AvgIpc) is 3.13. The molecule has 4 aromatic carbocycles. The molecule has 5 aromatic rings. The van der Waals surface area contributed by atoms with Gasteiger partial charge in [-0.05, 0) is 39.0 Å². The summed E-state index contributed by atoms with van der Waals surface area (Å²) in [6, 6.07) is 34.2. The van der Waals surface area contributed by atoms with Gasteiger partial charge in [0.1, 0.15) is 18.1 Å². The quantitative estimate of drug-likeness (QED) is 0.0735. The summed E-state index contributed by atoms with van der Waals surface area (Å²) in [6.45, 7) is 9.85. The van der Waals surface area contributed by atoms with E-state index >= 15 is 4.39 Å². The molecule has 1 N–H and O–H groups in total. The number of carbonyl (C=O) groups is 1. The molecule has 0 amide bonds. The van der Waals surface area contributed by atoms with Crippen LogP contribution in [0.15, 0.2) is 115 Å². The molecule has 1 aromatic heterocycles. The van der Waals surface area contributed by atoms with E-state index in [1.165, 1.54) is 24.3 Å². The predicted octanol–water partition coefficient (Wildman–Crippen LogP) is 9.08. The maximum Gasteiger partial charge on any atom is 0.305 e. The van der Waals surface area contributed by atoms with Crippen LogP contribution in [0, 0.1) is 23.5 Å². The molecule has 0 aliphatic carbocycles. The number of aliphatic carboxylic acids is 1. The lowest BCUT2D eigenvalue weighted by atomic mass is 9.92. The number of nitrogens with zero attached hydrogens (tertiary/aromatic N) is 1.